The molecule has 0 fully saturated rings. The van der Waals surface area contributed by atoms with E-state index in [9.17, 15) is 9.36 Å². The Morgan fingerprint density at radius 1 is 1.27 bits per heavy atom. The molecule has 0 aromatic carbocycles. The molecule has 0 heterocycles. The molecule has 5 nitrogen and oxygen atoms in total. The number of rotatable bonds is 6. The van der Waals surface area contributed by atoms with Crippen LogP contribution in [0.3, 0.4) is 0 Å². The van der Waals surface area contributed by atoms with Gasteiger partial charge in [-0.2, -0.15) is 0 Å². The number of phosphoric ester groups is 1. The first-order valence-corrected chi connectivity index (χ1v) is 6.23. The van der Waals surface area contributed by atoms with Crippen molar-refractivity contribution in [1.29, 1.82) is 0 Å². The van der Waals surface area contributed by atoms with E-state index >= 15 is 0 Å². The third-order valence-corrected chi connectivity index (χ3v) is 3.35. The van der Waals surface area contributed by atoms with Crippen molar-refractivity contribution in [1.82, 2.24) is 0 Å². The Hall–Kier alpha value is -0.380. The van der Waals surface area contributed by atoms with Gasteiger partial charge < -0.3 is 4.52 Å². The monoisotopic (exact) mass is 238 g/mol. The number of carbonyl (C=O) groups is 1. The number of hydrogen-bond donors (Lipinski definition) is 0. The van der Waals surface area contributed by atoms with E-state index in [4.69, 9.17) is 4.52 Å². The fourth-order valence-electron chi connectivity index (χ4n) is 1.10. The predicted molar refractivity (Wildman–Crippen MR) is 56.4 cm³/mol. The third-order valence-electron chi connectivity index (χ3n) is 2.07. The van der Waals surface area contributed by atoms with Gasteiger partial charge in [-0.3, -0.25) is 13.8 Å². The third kappa shape index (κ3) is 4.33. The smallest absolute Gasteiger partial charge is 0.370 e. The molecule has 0 N–H and O–H groups in total. The van der Waals surface area contributed by atoms with Gasteiger partial charge in [0.1, 0.15) is 0 Å². The summed E-state index contributed by atoms with van der Waals surface area (Å²) in [5.74, 6) is -0.573. The molecule has 0 amide bonds. The fourth-order valence-corrected chi connectivity index (χ4v) is 1.85. The molecule has 90 valence electrons. The molecule has 0 bridgehead atoms. The highest BCUT2D eigenvalue weighted by atomic mass is 31.2. The average molecular weight is 238 g/mol. The predicted octanol–water partition coefficient (Wildman–Crippen LogP) is 2.76. The van der Waals surface area contributed by atoms with E-state index in [1.54, 1.807) is 13.8 Å². The van der Waals surface area contributed by atoms with E-state index in [1.807, 2.05) is 6.92 Å². The van der Waals surface area contributed by atoms with Crippen LogP contribution in [-0.2, 0) is 22.9 Å². The first-order valence-electron chi connectivity index (χ1n) is 4.77. The summed E-state index contributed by atoms with van der Waals surface area (Å²) in [7, 11) is -1.36. The first-order chi connectivity index (χ1) is 6.81. The van der Waals surface area contributed by atoms with Gasteiger partial charge in [-0.15, -0.1) is 0 Å². The molecule has 0 aliphatic carbocycles. The maximum atomic E-state index is 11.6. The number of hydrogen-bond acceptors (Lipinski definition) is 5. The molecule has 15 heavy (non-hydrogen) atoms. The van der Waals surface area contributed by atoms with Crippen LogP contribution >= 0.6 is 7.82 Å². The highest BCUT2D eigenvalue weighted by molar-refractivity contribution is 7.49. The van der Waals surface area contributed by atoms with Gasteiger partial charge in [-0.05, 0) is 20.3 Å². The van der Waals surface area contributed by atoms with Gasteiger partial charge in [0.25, 0.3) is 0 Å². The van der Waals surface area contributed by atoms with Crippen LogP contribution in [0.2, 0.25) is 0 Å². The lowest BCUT2D eigenvalue weighted by Gasteiger charge is -2.23. The maximum absolute atomic E-state index is 11.6. The molecule has 0 aromatic rings. The second-order valence-electron chi connectivity index (χ2n) is 3.82. The summed E-state index contributed by atoms with van der Waals surface area (Å²) in [4.78, 5) is 11.6. The molecule has 0 saturated heterocycles. The molecule has 0 radical (unpaired) electrons. The Bertz CT molecular complexity index is 253. The van der Waals surface area contributed by atoms with Crippen LogP contribution in [0.1, 0.15) is 33.6 Å². The second kappa shape index (κ2) is 5.64. The van der Waals surface area contributed by atoms with Gasteiger partial charge in [-0.1, -0.05) is 13.3 Å². The Morgan fingerprint density at radius 3 is 2.07 bits per heavy atom. The lowest BCUT2D eigenvalue weighted by Crippen LogP contribution is -2.26. The van der Waals surface area contributed by atoms with Crippen LogP contribution in [0.25, 0.3) is 0 Å². The standard InChI is InChI=1S/C9H19O5P/c1-6-7-9(2,3)8(10)14-15(11,12-4)13-5/h6-7H2,1-5H3. The van der Waals surface area contributed by atoms with Gasteiger partial charge >= 0.3 is 13.8 Å². The van der Waals surface area contributed by atoms with Gasteiger partial charge in [0, 0.05) is 14.2 Å². The summed E-state index contributed by atoms with van der Waals surface area (Å²) < 4.78 is 25.3. The van der Waals surface area contributed by atoms with Crippen molar-refractivity contribution >= 4 is 13.8 Å². The Balaban J connectivity index is 4.54. The van der Waals surface area contributed by atoms with E-state index in [0.717, 1.165) is 6.42 Å². The van der Waals surface area contributed by atoms with Crippen molar-refractivity contribution in [3.8, 4) is 0 Å². The average Bonchev–Trinajstić information content (AvgIpc) is 2.17. The Morgan fingerprint density at radius 2 is 1.73 bits per heavy atom. The van der Waals surface area contributed by atoms with Crippen LogP contribution in [0.5, 0.6) is 0 Å². The van der Waals surface area contributed by atoms with Crippen molar-refractivity contribution in [2.75, 3.05) is 14.2 Å². The molecule has 0 rings (SSSR count). The highest BCUT2D eigenvalue weighted by Crippen LogP contribution is 2.49. The molecule has 0 aliphatic rings. The van der Waals surface area contributed by atoms with Crippen LogP contribution in [0.4, 0.5) is 0 Å². The largest absolute Gasteiger partial charge is 0.531 e. The van der Waals surface area contributed by atoms with Gasteiger partial charge in [0.05, 0.1) is 5.41 Å². The molecule has 0 aromatic heterocycles. The van der Waals surface area contributed by atoms with Crippen LogP contribution in [0.15, 0.2) is 0 Å². The van der Waals surface area contributed by atoms with Crippen LogP contribution < -0.4 is 0 Å². The SMILES string of the molecule is CCCC(C)(C)C(=O)OP(=O)(OC)OC. The van der Waals surface area contributed by atoms with Gasteiger partial charge in [-0.25, -0.2) is 4.57 Å². The van der Waals surface area contributed by atoms with E-state index in [2.05, 4.69) is 9.05 Å². The van der Waals surface area contributed by atoms with Crippen molar-refractivity contribution in [3.63, 3.8) is 0 Å². The minimum absolute atomic E-state index is 0.573. The summed E-state index contributed by atoms with van der Waals surface area (Å²) in [5, 5.41) is 0. The molecule has 0 spiro atoms. The molecule has 0 aliphatic heterocycles. The minimum Gasteiger partial charge on any atom is -0.370 e. The van der Waals surface area contributed by atoms with Crippen molar-refractivity contribution in [2.45, 2.75) is 33.6 Å². The second-order valence-corrected chi connectivity index (χ2v) is 5.63. The maximum Gasteiger partial charge on any atom is 0.531 e. The number of carbonyl (C=O) groups excluding carboxylic acids is 1. The molecule has 6 heteroatoms. The van der Waals surface area contributed by atoms with E-state index in [0.29, 0.717) is 6.42 Å². The lowest BCUT2D eigenvalue weighted by molar-refractivity contribution is -0.146. The van der Waals surface area contributed by atoms with Gasteiger partial charge in [0.15, 0.2) is 0 Å². The van der Waals surface area contributed by atoms with Crippen molar-refractivity contribution in [2.24, 2.45) is 5.41 Å². The van der Waals surface area contributed by atoms with E-state index in [-0.39, 0.29) is 0 Å². The lowest BCUT2D eigenvalue weighted by atomic mass is 9.88. The molecular formula is C9H19O5P. The van der Waals surface area contributed by atoms with E-state index < -0.39 is 19.2 Å². The Kier molecular flexibility index (Phi) is 5.49. The summed E-state index contributed by atoms with van der Waals surface area (Å²) in [5.41, 5.74) is -0.679. The van der Waals surface area contributed by atoms with E-state index in [1.165, 1.54) is 14.2 Å². The zero-order valence-corrected chi connectivity index (χ0v) is 10.8. The van der Waals surface area contributed by atoms with Crippen LogP contribution in [-0.4, -0.2) is 20.2 Å². The topological polar surface area (TPSA) is 61.8 Å². The summed E-state index contributed by atoms with van der Waals surface area (Å²) in [6, 6.07) is 0. The normalized spacial score (nSPS) is 12.6. The van der Waals surface area contributed by atoms with Crippen LogP contribution in [0, 0.1) is 5.41 Å². The fraction of sp³-hybridized carbons (Fsp3) is 0.889. The highest BCUT2D eigenvalue weighted by Gasteiger charge is 2.36. The quantitative estimate of drug-likeness (QED) is 0.666. The Labute approximate surface area is 90.7 Å². The summed E-state index contributed by atoms with van der Waals surface area (Å²) in [6.07, 6.45) is 1.49. The molecular weight excluding hydrogens is 219 g/mol. The molecule has 0 unspecified atom stereocenters. The van der Waals surface area contributed by atoms with Crippen molar-refractivity contribution < 1.29 is 22.9 Å². The summed E-state index contributed by atoms with van der Waals surface area (Å²) >= 11 is 0. The van der Waals surface area contributed by atoms with Gasteiger partial charge in [0.2, 0.25) is 0 Å². The molecule has 0 atom stereocenters. The first kappa shape index (κ1) is 14.6. The molecule has 0 saturated carbocycles. The minimum atomic E-state index is -3.71. The zero-order chi connectivity index (χ0) is 12.1. The van der Waals surface area contributed by atoms with Crippen molar-refractivity contribution in [3.05, 3.63) is 0 Å². The summed E-state index contributed by atoms with van der Waals surface area (Å²) in [6.45, 7) is 5.42. The zero-order valence-electron chi connectivity index (χ0n) is 9.90. The number of phosphoric acid groups is 1.